The van der Waals surface area contributed by atoms with E-state index in [2.05, 4.69) is 24.1 Å². The number of rotatable bonds is 6. The van der Waals surface area contributed by atoms with Crippen LogP contribution >= 0.6 is 0 Å². The summed E-state index contributed by atoms with van der Waals surface area (Å²) in [5, 5.41) is 12.2. The van der Waals surface area contributed by atoms with Crippen LogP contribution in [0.1, 0.15) is 31.5 Å². The van der Waals surface area contributed by atoms with Gasteiger partial charge in [-0.25, -0.2) is 4.98 Å². The van der Waals surface area contributed by atoms with E-state index in [1.807, 2.05) is 36.4 Å². The molecule has 0 saturated heterocycles. The summed E-state index contributed by atoms with van der Waals surface area (Å²) in [5.41, 5.74) is 2.45. The number of nitrogens with one attached hydrogen (secondary N) is 1. The Hall–Kier alpha value is -2.54. The number of hydrogen-bond acceptors (Lipinski definition) is 4. The Bertz CT molecular complexity index is 634. The molecule has 1 N–H and O–H groups in total. The van der Waals surface area contributed by atoms with Crippen molar-refractivity contribution in [3.63, 3.8) is 0 Å². The van der Waals surface area contributed by atoms with Gasteiger partial charge in [0.25, 0.3) is 0 Å². The molecular formula is C17H19N3O. The fraction of sp³-hybridized carbons (Fsp3) is 0.294. The lowest BCUT2D eigenvalue weighted by Gasteiger charge is -2.14. The van der Waals surface area contributed by atoms with Crippen molar-refractivity contribution in [1.82, 2.24) is 4.98 Å². The van der Waals surface area contributed by atoms with Gasteiger partial charge in [-0.1, -0.05) is 13.0 Å². The summed E-state index contributed by atoms with van der Waals surface area (Å²) < 4.78 is 5.80. The predicted molar refractivity (Wildman–Crippen MR) is 83.1 cm³/mol. The molecule has 1 heterocycles. The predicted octanol–water partition coefficient (Wildman–Crippen LogP) is 3.74. The minimum absolute atomic E-state index is 0.207. The Labute approximate surface area is 125 Å². The highest BCUT2D eigenvalue weighted by Gasteiger charge is 2.02. The van der Waals surface area contributed by atoms with Crippen LogP contribution in [-0.4, -0.2) is 11.1 Å². The van der Waals surface area contributed by atoms with Crippen LogP contribution in [0.4, 0.5) is 5.69 Å². The molecule has 0 spiro atoms. The molecule has 0 aliphatic carbocycles. The van der Waals surface area contributed by atoms with E-state index in [0.717, 1.165) is 23.4 Å². The molecule has 4 nitrogen and oxygen atoms in total. The normalized spacial score (nSPS) is 11.5. The summed E-state index contributed by atoms with van der Waals surface area (Å²) in [6.45, 7) is 4.80. The van der Waals surface area contributed by atoms with Crippen molar-refractivity contribution in [2.45, 2.75) is 32.9 Å². The van der Waals surface area contributed by atoms with Gasteiger partial charge in [0.2, 0.25) is 0 Å². The Kier molecular flexibility index (Phi) is 5.16. The van der Waals surface area contributed by atoms with Gasteiger partial charge in [-0.2, -0.15) is 5.26 Å². The van der Waals surface area contributed by atoms with Crippen LogP contribution in [0.3, 0.4) is 0 Å². The molecule has 0 bridgehead atoms. The third-order valence-corrected chi connectivity index (χ3v) is 3.18. The lowest BCUT2D eigenvalue weighted by Crippen LogP contribution is -2.09. The first-order valence-corrected chi connectivity index (χ1v) is 7.07. The van der Waals surface area contributed by atoms with Crippen LogP contribution in [0.25, 0.3) is 0 Å². The van der Waals surface area contributed by atoms with Crippen LogP contribution in [0.2, 0.25) is 0 Å². The van der Waals surface area contributed by atoms with Crippen molar-refractivity contribution in [3.8, 4) is 11.8 Å². The first-order valence-electron chi connectivity index (χ1n) is 7.07. The Morgan fingerprint density at radius 2 is 2.19 bits per heavy atom. The van der Waals surface area contributed by atoms with Crippen LogP contribution in [-0.2, 0) is 6.54 Å². The molecule has 2 rings (SSSR count). The van der Waals surface area contributed by atoms with Crippen LogP contribution in [0, 0.1) is 11.3 Å². The van der Waals surface area contributed by atoms with Gasteiger partial charge in [0.1, 0.15) is 17.5 Å². The average molecular weight is 281 g/mol. The monoisotopic (exact) mass is 281 g/mol. The molecule has 1 unspecified atom stereocenters. The second-order valence-electron chi connectivity index (χ2n) is 4.88. The zero-order chi connectivity index (χ0) is 15.1. The summed E-state index contributed by atoms with van der Waals surface area (Å²) in [5.74, 6) is 0.863. The maximum Gasteiger partial charge on any atom is 0.140 e. The molecule has 0 amide bonds. The van der Waals surface area contributed by atoms with Crippen molar-refractivity contribution < 1.29 is 4.74 Å². The van der Waals surface area contributed by atoms with E-state index >= 15 is 0 Å². The maximum atomic E-state index is 8.84. The van der Waals surface area contributed by atoms with Gasteiger partial charge in [-0.15, -0.1) is 0 Å². The van der Waals surface area contributed by atoms with Gasteiger partial charge in [0, 0.05) is 24.5 Å². The highest BCUT2D eigenvalue weighted by atomic mass is 16.5. The second kappa shape index (κ2) is 7.30. The molecule has 0 aliphatic heterocycles. The standard InChI is InChI=1S/C17H19N3O/c1-3-13(2)21-17-6-4-5-15(10-17)20-12-14-7-8-19-16(9-14)11-18/h4-10,13,20H,3,12H2,1-2H3. The topological polar surface area (TPSA) is 57.9 Å². The molecule has 2 aromatic rings. The van der Waals surface area contributed by atoms with Gasteiger partial charge in [0.05, 0.1) is 6.10 Å². The molecule has 1 aromatic carbocycles. The minimum atomic E-state index is 0.207. The SMILES string of the molecule is CCC(C)Oc1cccc(NCc2ccnc(C#N)c2)c1. The number of nitriles is 1. The number of ether oxygens (including phenoxy) is 1. The summed E-state index contributed by atoms with van der Waals surface area (Å²) in [6.07, 6.45) is 2.84. The van der Waals surface area contributed by atoms with E-state index in [0.29, 0.717) is 12.2 Å². The van der Waals surface area contributed by atoms with Crippen molar-refractivity contribution in [2.24, 2.45) is 0 Å². The van der Waals surface area contributed by atoms with Gasteiger partial charge in [-0.05, 0) is 43.2 Å². The number of anilines is 1. The highest BCUT2D eigenvalue weighted by Crippen LogP contribution is 2.19. The van der Waals surface area contributed by atoms with Crippen molar-refractivity contribution >= 4 is 5.69 Å². The van der Waals surface area contributed by atoms with Gasteiger partial charge in [-0.3, -0.25) is 0 Å². The summed E-state index contributed by atoms with van der Waals surface area (Å²) in [4.78, 5) is 3.96. The van der Waals surface area contributed by atoms with Crippen LogP contribution in [0.5, 0.6) is 5.75 Å². The van der Waals surface area contributed by atoms with Crippen molar-refractivity contribution in [1.29, 1.82) is 5.26 Å². The smallest absolute Gasteiger partial charge is 0.140 e. The van der Waals surface area contributed by atoms with Gasteiger partial charge < -0.3 is 10.1 Å². The molecule has 21 heavy (non-hydrogen) atoms. The third kappa shape index (κ3) is 4.50. The van der Waals surface area contributed by atoms with Crippen LogP contribution in [0.15, 0.2) is 42.6 Å². The summed E-state index contributed by atoms with van der Waals surface area (Å²) in [6, 6.07) is 13.6. The van der Waals surface area contributed by atoms with E-state index in [-0.39, 0.29) is 6.10 Å². The first kappa shape index (κ1) is 14.9. The lowest BCUT2D eigenvalue weighted by atomic mass is 10.2. The lowest BCUT2D eigenvalue weighted by molar-refractivity contribution is 0.217. The molecule has 0 fully saturated rings. The largest absolute Gasteiger partial charge is 0.491 e. The van der Waals surface area contributed by atoms with E-state index in [9.17, 15) is 0 Å². The fourth-order valence-corrected chi connectivity index (χ4v) is 1.84. The number of pyridine rings is 1. The van der Waals surface area contributed by atoms with Crippen molar-refractivity contribution in [3.05, 3.63) is 53.9 Å². The Morgan fingerprint density at radius 3 is 2.95 bits per heavy atom. The zero-order valence-electron chi connectivity index (χ0n) is 12.3. The maximum absolute atomic E-state index is 8.84. The van der Waals surface area contributed by atoms with E-state index in [4.69, 9.17) is 10.00 Å². The molecule has 1 aromatic heterocycles. The first-order chi connectivity index (χ1) is 10.2. The van der Waals surface area contributed by atoms with E-state index < -0.39 is 0 Å². The van der Waals surface area contributed by atoms with Crippen LogP contribution < -0.4 is 10.1 Å². The average Bonchev–Trinajstić information content (AvgIpc) is 2.53. The fourth-order valence-electron chi connectivity index (χ4n) is 1.84. The molecule has 0 radical (unpaired) electrons. The van der Waals surface area contributed by atoms with E-state index in [1.165, 1.54) is 0 Å². The molecule has 108 valence electrons. The second-order valence-corrected chi connectivity index (χ2v) is 4.88. The molecule has 4 heteroatoms. The Morgan fingerprint density at radius 1 is 1.33 bits per heavy atom. The number of hydrogen-bond donors (Lipinski definition) is 1. The minimum Gasteiger partial charge on any atom is -0.491 e. The highest BCUT2D eigenvalue weighted by molar-refractivity contribution is 5.48. The molecular weight excluding hydrogens is 262 g/mol. The quantitative estimate of drug-likeness (QED) is 0.876. The molecule has 0 aliphatic rings. The number of benzene rings is 1. The number of nitrogens with zero attached hydrogens (tertiary/aromatic N) is 2. The van der Waals surface area contributed by atoms with Gasteiger partial charge >= 0.3 is 0 Å². The molecule has 0 saturated carbocycles. The summed E-state index contributed by atoms with van der Waals surface area (Å²) >= 11 is 0. The Balaban J connectivity index is 1.99. The van der Waals surface area contributed by atoms with Crippen molar-refractivity contribution in [2.75, 3.05) is 5.32 Å². The third-order valence-electron chi connectivity index (χ3n) is 3.18. The van der Waals surface area contributed by atoms with E-state index in [1.54, 1.807) is 12.3 Å². The zero-order valence-corrected chi connectivity index (χ0v) is 12.3. The molecule has 1 atom stereocenters. The number of aromatic nitrogens is 1. The summed E-state index contributed by atoms with van der Waals surface area (Å²) in [7, 11) is 0. The van der Waals surface area contributed by atoms with Gasteiger partial charge in [0.15, 0.2) is 0 Å².